The highest BCUT2D eigenvalue weighted by atomic mass is 32.1. The molecule has 33 heavy (non-hydrogen) atoms. The maximum absolute atomic E-state index is 12.4. The molecule has 174 valence electrons. The molecule has 0 saturated carbocycles. The Bertz CT molecular complexity index is 1130. The zero-order valence-corrected chi connectivity index (χ0v) is 19.3. The Hall–Kier alpha value is -3.01. The first kappa shape index (κ1) is 23.2. The van der Waals surface area contributed by atoms with Crippen LogP contribution in [0.4, 0.5) is 5.69 Å². The lowest BCUT2D eigenvalue weighted by atomic mass is 9.97. The molecule has 0 bridgehead atoms. The smallest absolute Gasteiger partial charge is 0.244 e. The molecule has 2 aromatic heterocycles. The number of hydrogen-bond acceptors (Lipinski definition) is 6. The number of aliphatic hydroxyl groups is 1. The second-order valence-corrected chi connectivity index (χ2v) is 9.72. The van der Waals surface area contributed by atoms with Crippen LogP contribution in [-0.2, 0) is 16.0 Å². The van der Waals surface area contributed by atoms with Crippen molar-refractivity contribution in [2.45, 2.75) is 38.3 Å². The molecule has 3 aromatic rings. The minimum atomic E-state index is -0.592. The van der Waals surface area contributed by atoms with Crippen LogP contribution < -0.4 is 10.6 Å². The van der Waals surface area contributed by atoms with Gasteiger partial charge < -0.3 is 25.6 Å². The Balaban J connectivity index is 0.000000196. The normalized spacial score (nSPS) is 18.6. The molecular weight excluding hydrogens is 440 g/mol. The number of nitrogens with two attached hydrogens (primary N) is 1. The summed E-state index contributed by atoms with van der Waals surface area (Å²) in [5, 5.41) is 10.7. The standard InChI is InChI=1S/C16H21N3O3.C8H7NOS/c17-13-9-11-3-1-2-4-14(11)19(16(13)22)10-15(21)18-7-5-12(20)6-8-18;1-5-2-6-3-7(4-10)9-8(6)11-5/h1-4,12-13,20H,5-10,17H2;2-4,9H,1H3. The third kappa shape index (κ3) is 5.16. The van der Waals surface area contributed by atoms with Gasteiger partial charge in [-0.1, -0.05) is 18.2 Å². The van der Waals surface area contributed by atoms with Gasteiger partial charge in [0.1, 0.15) is 11.4 Å². The number of amides is 2. The summed E-state index contributed by atoms with van der Waals surface area (Å²) in [5.41, 5.74) is 8.34. The van der Waals surface area contributed by atoms with Crippen LogP contribution in [0.5, 0.6) is 0 Å². The monoisotopic (exact) mass is 468 g/mol. The first-order valence-corrected chi connectivity index (χ1v) is 11.8. The molecule has 1 aromatic carbocycles. The number of aromatic amines is 1. The zero-order chi connectivity index (χ0) is 23.5. The van der Waals surface area contributed by atoms with Crippen molar-refractivity contribution in [2.24, 2.45) is 5.73 Å². The lowest BCUT2D eigenvalue weighted by Gasteiger charge is -2.35. The first-order valence-electron chi connectivity index (χ1n) is 11.0. The van der Waals surface area contributed by atoms with Crippen LogP contribution in [0, 0.1) is 6.92 Å². The van der Waals surface area contributed by atoms with Crippen molar-refractivity contribution in [3.63, 3.8) is 0 Å². The van der Waals surface area contributed by atoms with Crippen molar-refractivity contribution in [3.05, 3.63) is 52.5 Å². The number of benzene rings is 1. The SMILES string of the molecule is Cc1cc2cc(C=O)[nH]c2s1.NC1Cc2ccccc2N(CC(=O)N2CCC(O)CC2)C1=O. The van der Waals surface area contributed by atoms with Gasteiger partial charge in [-0.05, 0) is 49.9 Å². The fraction of sp³-hybridized carbons (Fsp3) is 0.375. The number of fused-ring (bicyclic) bond motifs is 2. The largest absolute Gasteiger partial charge is 0.393 e. The predicted octanol–water partition coefficient (Wildman–Crippen LogP) is 2.24. The maximum atomic E-state index is 12.4. The van der Waals surface area contributed by atoms with Gasteiger partial charge in [-0.25, -0.2) is 0 Å². The minimum Gasteiger partial charge on any atom is -0.393 e. The first-order chi connectivity index (χ1) is 15.9. The van der Waals surface area contributed by atoms with E-state index in [9.17, 15) is 19.5 Å². The average Bonchev–Trinajstić information content (AvgIpc) is 3.34. The van der Waals surface area contributed by atoms with Gasteiger partial charge in [0.05, 0.1) is 17.8 Å². The van der Waals surface area contributed by atoms with Gasteiger partial charge in [-0.3, -0.25) is 14.4 Å². The van der Waals surface area contributed by atoms with Crippen LogP contribution in [0.3, 0.4) is 0 Å². The number of aromatic nitrogens is 1. The lowest BCUT2D eigenvalue weighted by Crippen LogP contribution is -2.53. The summed E-state index contributed by atoms with van der Waals surface area (Å²) in [6.07, 6.45) is 2.21. The maximum Gasteiger partial charge on any atom is 0.244 e. The van der Waals surface area contributed by atoms with Crippen molar-refractivity contribution in [3.8, 4) is 0 Å². The molecule has 4 N–H and O–H groups in total. The Morgan fingerprint density at radius 2 is 2.00 bits per heavy atom. The van der Waals surface area contributed by atoms with Gasteiger partial charge in [0.15, 0.2) is 6.29 Å². The molecule has 1 fully saturated rings. The summed E-state index contributed by atoms with van der Waals surface area (Å²) in [6, 6.07) is 10.9. The molecule has 0 aliphatic carbocycles. The van der Waals surface area contributed by atoms with E-state index in [4.69, 9.17) is 5.73 Å². The van der Waals surface area contributed by atoms with Gasteiger partial charge in [0, 0.05) is 29.0 Å². The van der Waals surface area contributed by atoms with E-state index in [0.717, 1.165) is 27.8 Å². The summed E-state index contributed by atoms with van der Waals surface area (Å²) in [6.45, 7) is 3.14. The number of nitrogens with one attached hydrogen (secondary N) is 1. The van der Waals surface area contributed by atoms with E-state index in [2.05, 4.69) is 18.0 Å². The Kier molecular flexibility index (Phi) is 6.92. The van der Waals surface area contributed by atoms with Crippen LogP contribution in [0.25, 0.3) is 10.2 Å². The number of carbonyl (C=O) groups excluding carboxylic acids is 3. The number of thiophene rings is 1. The number of nitrogens with zero attached hydrogens (tertiary/aromatic N) is 2. The second-order valence-electron chi connectivity index (χ2n) is 8.46. The molecule has 0 spiro atoms. The molecular formula is C24H28N4O4S. The molecule has 1 saturated heterocycles. The number of aldehydes is 1. The molecule has 4 heterocycles. The van der Waals surface area contributed by atoms with Gasteiger partial charge in [-0.15, -0.1) is 11.3 Å². The number of aryl methyl sites for hydroxylation is 1. The lowest BCUT2D eigenvalue weighted by molar-refractivity contribution is -0.133. The summed E-state index contributed by atoms with van der Waals surface area (Å²) in [5.74, 6) is -0.298. The molecule has 1 unspecified atom stereocenters. The number of para-hydroxylation sites is 1. The van der Waals surface area contributed by atoms with Crippen molar-refractivity contribution in [2.75, 3.05) is 24.5 Å². The van der Waals surface area contributed by atoms with E-state index >= 15 is 0 Å². The van der Waals surface area contributed by atoms with E-state index < -0.39 is 6.04 Å². The number of carbonyl (C=O) groups is 3. The summed E-state index contributed by atoms with van der Waals surface area (Å²) >= 11 is 1.67. The molecule has 2 amide bonds. The van der Waals surface area contributed by atoms with Crippen molar-refractivity contribution >= 4 is 45.3 Å². The number of anilines is 1. The molecule has 1 atom stereocenters. The topological polar surface area (TPSA) is 120 Å². The van der Waals surface area contributed by atoms with Crippen molar-refractivity contribution in [1.82, 2.24) is 9.88 Å². The third-order valence-corrected chi connectivity index (χ3v) is 6.98. The highest BCUT2D eigenvalue weighted by molar-refractivity contribution is 7.18. The number of H-pyrrole nitrogens is 1. The number of hydrogen-bond donors (Lipinski definition) is 3. The number of likely N-dealkylation sites (tertiary alicyclic amines) is 1. The molecule has 0 radical (unpaired) electrons. The Morgan fingerprint density at radius 1 is 1.27 bits per heavy atom. The number of rotatable bonds is 3. The van der Waals surface area contributed by atoms with E-state index in [-0.39, 0.29) is 24.5 Å². The van der Waals surface area contributed by atoms with Crippen LogP contribution in [0.15, 0.2) is 36.4 Å². The van der Waals surface area contributed by atoms with E-state index in [0.29, 0.717) is 38.0 Å². The average molecular weight is 469 g/mol. The summed E-state index contributed by atoms with van der Waals surface area (Å²) < 4.78 is 0. The van der Waals surface area contributed by atoms with Gasteiger partial charge in [-0.2, -0.15) is 0 Å². The second kappa shape index (κ2) is 9.86. The molecule has 2 aliphatic rings. The zero-order valence-electron chi connectivity index (χ0n) is 18.5. The minimum absolute atomic E-state index is 0.0135. The Labute approximate surface area is 196 Å². The molecule has 9 heteroatoms. The van der Waals surface area contributed by atoms with E-state index in [1.165, 1.54) is 9.78 Å². The fourth-order valence-corrected chi connectivity index (χ4v) is 5.15. The van der Waals surface area contributed by atoms with Crippen LogP contribution in [0.1, 0.15) is 33.8 Å². The van der Waals surface area contributed by atoms with Gasteiger partial charge in [0.25, 0.3) is 0 Å². The number of aliphatic hydroxyl groups excluding tert-OH is 1. The number of piperidine rings is 1. The van der Waals surface area contributed by atoms with E-state index in [1.807, 2.05) is 30.3 Å². The van der Waals surface area contributed by atoms with Gasteiger partial charge in [0.2, 0.25) is 11.8 Å². The highest BCUT2D eigenvalue weighted by Crippen LogP contribution is 2.27. The predicted molar refractivity (Wildman–Crippen MR) is 129 cm³/mol. The fourth-order valence-electron chi connectivity index (χ4n) is 4.24. The molecule has 8 nitrogen and oxygen atoms in total. The van der Waals surface area contributed by atoms with Crippen LogP contribution in [-0.4, -0.2) is 64.9 Å². The van der Waals surface area contributed by atoms with Crippen LogP contribution >= 0.6 is 11.3 Å². The van der Waals surface area contributed by atoms with E-state index in [1.54, 1.807) is 16.2 Å². The van der Waals surface area contributed by atoms with Crippen molar-refractivity contribution in [1.29, 1.82) is 0 Å². The molecule has 5 rings (SSSR count). The third-order valence-electron chi connectivity index (χ3n) is 6.00. The molecule has 2 aliphatic heterocycles. The summed E-state index contributed by atoms with van der Waals surface area (Å²) in [4.78, 5) is 43.7. The van der Waals surface area contributed by atoms with Gasteiger partial charge >= 0.3 is 0 Å². The van der Waals surface area contributed by atoms with Crippen LogP contribution in [0.2, 0.25) is 0 Å². The van der Waals surface area contributed by atoms with Crippen molar-refractivity contribution < 1.29 is 19.5 Å². The Morgan fingerprint density at radius 3 is 2.70 bits per heavy atom. The quantitative estimate of drug-likeness (QED) is 0.509. The summed E-state index contributed by atoms with van der Waals surface area (Å²) in [7, 11) is 0. The highest BCUT2D eigenvalue weighted by Gasteiger charge is 2.33.